The van der Waals surface area contributed by atoms with Crippen LogP contribution in [0.25, 0.3) is 16.7 Å². The van der Waals surface area contributed by atoms with Crippen LogP contribution in [-0.2, 0) is 0 Å². The molecule has 0 unspecified atom stereocenters. The van der Waals surface area contributed by atoms with E-state index >= 15 is 0 Å². The Morgan fingerprint density at radius 2 is 1.56 bits per heavy atom. The van der Waals surface area contributed by atoms with Gasteiger partial charge in [0.25, 0.3) is 5.91 Å². The third kappa shape index (κ3) is 3.70. The lowest BCUT2D eigenvalue weighted by atomic mass is 10.2. The van der Waals surface area contributed by atoms with E-state index in [1.54, 1.807) is 0 Å². The molecule has 2 aromatic carbocycles. The second-order valence-electron chi connectivity index (χ2n) is 8.12. The maximum atomic E-state index is 12.9. The Balaban J connectivity index is 1.47. The van der Waals surface area contributed by atoms with Crippen molar-refractivity contribution >= 4 is 22.8 Å². The summed E-state index contributed by atoms with van der Waals surface area (Å²) in [5.74, 6) is 1.71. The summed E-state index contributed by atoms with van der Waals surface area (Å²) in [7, 11) is 0. The fourth-order valence-corrected chi connectivity index (χ4v) is 4.34. The van der Waals surface area contributed by atoms with Gasteiger partial charge in [-0.25, -0.2) is 14.6 Å². The number of hydrogen-bond acceptors (Lipinski definition) is 5. The van der Waals surface area contributed by atoms with Crippen molar-refractivity contribution in [1.82, 2.24) is 24.6 Å². The molecule has 4 aromatic rings. The fourth-order valence-electron chi connectivity index (χ4n) is 4.34. The SMILES string of the molecule is Cc1nc(N2CCCN(C(=O)c3ccccc3)CC2)c2c(C)nn(-c3ccccc3)c2n1. The number of rotatable bonds is 3. The summed E-state index contributed by atoms with van der Waals surface area (Å²) in [6, 6.07) is 19.6. The number of anilines is 1. The molecule has 1 fully saturated rings. The normalized spacial score (nSPS) is 14.6. The van der Waals surface area contributed by atoms with Crippen LogP contribution in [0.2, 0.25) is 0 Å². The minimum absolute atomic E-state index is 0.0875. The van der Waals surface area contributed by atoms with E-state index in [0.29, 0.717) is 12.4 Å². The van der Waals surface area contributed by atoms with E-state index in [1.165, 1.54) is 0 Å². The molecule has 0 radical (unpaired) electrons. The van der Waals surface area contributed by atoms with Gasteiger partial charge in [-0.15, -0.1) is 0 Å². The van der Waals surface area contributed by atoms with Gasteiger partial charge in [0.05, 0.1) is 16.8 Å². The average Bonchev–Trinajstić information content (AvgIpc) is 2.99. The summed E-state index contributed by atoms with van der Waals surface area (Å²) in [6.45, 7) is 6.88. The highest BCUT2D eigenvalue weighted by Crippen LogP contribution is 2.29. The van der Waals surface area contributed by atoms with Crippen LogP contribution in [0.4, 0.5) is 5.82 Å². The van der Waals surface area contributed by atoms with Gasteiger partial charge < -0.3 is 9.80 Å². The van der Waals surface area contributed by atoms with Crippen LogP contribution in [0.1, 0.15) is 28.3 Å². The lowest BCUT2D eigenvalue weighted by Crippen LogP contribution is -2.35. The van der Waals surface area contributed by atoms with Crippen molar-refractivity contribution < 1.29 is 4.79 Å². The molecule has 1 aliphatic rings. The average molecular weight is 427 g/mol. The molecule has 0 spiro atoms. The first-order valence-electron chi connectivity index (χ1n) is 11.0. The van der Waals surface area contributed by atoms with Crippen molar-refractivity contribution in [1.29, 1.82) is 0 Å². The van der Waals surface area contributed by atoms with Gasteiger partial charge >= 0.3 is 0 Å². The number of carbonyl (C=O) groups excluding carboxylic acids is 1. The molecule has 0 saturated carbocycles. The molecule has 162 valence electrons. The number of carbonyl (C=O) groups is 1. The summed E-state index contributed by atoms with van der Waals surface area (Å²) >= 11 is 0. The van der Waals surface area contributed by atoms with E-state index in [4.69, 9.17) is 15.1 Å². The Bertz CT molecular complexity index is 1250. The number of hydrogen-bond donors (Lipinski definition) is 0. The van der Waals surface area contributed by atoms with E-state index < -0.39 is 0 Å². The van der Waals surface area contributed by atoms with Gasteiger partial charge in [0.2, 0.25) is 0 Å². The Hall–Kier alpha value is -3.74. The highest BCUT2D eigenvalue weighted by molar-refractivity contribution is 5.94. The maximum Gasteiger partial charge on any atom is 0.253 e. The second-order valence-corrected chi connectivity index (χ2v) is 8.12. The monoisotopic (exact) mass is 426 g/mol. The third-order valence-corrected chi connectivity index (χ3v) is 5.90. The van der Waals surface area contributed by atoms with Crippen molar-refractivity contribution in [2.75, 3.05) is 31.1 Å². The van der Waals surface area contributed by atoms with E-state index in [2.05, 4.69) is 4.90 Å². The quantitative estimate of drug-likeness (QED) is 0.499. The van der Waals surface area contributed by atoms with Gasteiger partial charge in [0, 0.05) is 31.7 Å². The van der Waals surface area contributed by atoms with Crippen molar-refractivity contribution in [2.24, 2.45) is 0 Å². The topological polar surface area (TPSA) is 67.2 Å². The summed E-state index contributed by atoms with van der Waals surface area (Å²) in [4.78, 5) is 26.7. The molecule has 0 N–H and O–H groups in total. The summed E-state index contributed by atoms with van der Waals surface area (Å²) < 4.78 is 1.89. The molecule has 3 heterocycles. The predicted molar refractivity (Wildman–Crippen MR) is 125 cm³/mol. The van der Waals surface area contributed by atoms with Crippen LogP contribution in [0.15, 0.2) is 60.7 Å². The van der Waals surface area contributed by atoms with E-state index in [9.17, 15) is 4.79 Å². The summed E-state index contributed by atoms with van der Waals surface area (Å²) in [6.07, 6.45) is 0.884. The smallest absolute Gasteiger partial charge is 0.253 e. The van der Waals surface area contributed by atoms with Crippen LogP contribution in [0.3, 0.4) is 0 Å². The largest absolute Gasteiger partial charge is 0.354 e. The van der Waals surface area contributed by atoms with Crippen LogP contribution < -0.4 is 4.90 Å². The zero-order chi connectivity index (χ0) is 22.1. The third-order valence-electron chi connectivity index (χ3n) is 5.90. The van der Waals surface area contributed by atoms with E-state index in [1.807, 2.05) is 84.1 Å². The fraction of sp³-hybridized carbons (Fsp3) is 0.280. The van der Waals surface area contributed by atoms with Gasteiger partial charge in [0.1, 0.15) is 11.6 Å². The molecule has 5 rings (SSSR count). The first-order chi connectivity index (χ1) is 15.6. The van der Waals surface area contributed by atoms with Crippen LogP contribution in [-0.4, -0.2) is 56.7 Å². The van der Waals surface area contributed by atoms with Crippen LogP contribution >= 0.6 is 0 Å². The molecule has 2 aromatic heterocycles. The van der Waals surface area contributed by atoms with Crippen LogP contribution in [0, 0.1) is 13.8 Å². The van der Waals surface area contributed by atoms with Crippen molar-refractivity contribution in [3.05, 3.63) is 77.7 Å². The molecule has 0 bridgehead atoms. The first-order valence-corrected chi connectivity index (χ1v) is 11.0. The Kier molecular flexibility index (Phi) is 5.31. The molecule has 1 amide bonds. The molecule has 1 saturated heterocycles. The van der Waals surface area contributed by atoms with Gasteiger partial charge in [-0.3, -0.25) is 4.79 Å². The molecule has 7 heteroatoms. The number of benzene rings is 2. The van der Waals surface area contributed by atoms with Crippen molar-refractivity contribution in [2.45, 2.75) is 20.3 Å². The summed E-state index contributed by atoms with van der Waals surface area (Å²) in [5, 5.41) is 5.76. The molecular weight excluding hydrogens is 400 g/mol. The number of fused-ring (bicyclic) bond motifs is 1. The number of aromatic nitrogens is 4. The van der Waals surface area contributed by atoms with E-state index in [-0.39, 0.29) is 5.91 Å². The molecule has 7 nitrogen and oxygen atoms in total. The molecule has 0 atom stereocenters. The highest BCUT2D eigenvalue weighted by atomic mass is 16.2. The van der Waals surface area contributed by atoms with Gasteiger partial charge in [-0.2, -0.15) is 5.10 Å². The van der Waals surface area contributed by atoms with Gasteiger partial charge in [-0.05, 0) is 44.5 Å². The van der Waals surface area contributed by atoms with Crippen LogP contribution in [0.5, 0.6) is 0 Å². The minimum Gasteiger partial charge on any atom is -0.354 e. The first kappa shape index (κ1) is 20.2. The van der Waals surface area contributed by atoms with Crippen molar-refractivity contribution in [3.63, 3.8) is 0 Å². The minimum atomic E-state index is 0.0875. The lowest BCUT2D eigenvalue weighted by Gasteiger charge is -2.24. The summed E-state index contributed by atoms with van der Waals surface area (Å²) in [5.41, 5.74) is 3.43. The number of amides is 1. The van der Waals surface area contributed by atoms with Crippen molar-refractivity contribution in [3.8, 4) is 5.69 Å². The molecule has 32 heavy (non-hydrogen) atoms. The molecule has 1 aliphatic heterocycles. The standard InChI is InChI=1S/C25H26N6O/c1-18-22-23(26-19(2)27-24(22)31(28-18)21-12-7-4-8-13-21)29-14-9-15-30(17-16-29)25(32)20-10-5-3-6-11-20/h3-8,10-13H,9,14-17H2,1-2H3. The van der Waals surface area contributed by atoms with E-state index in [0.717, 1.165) is 59.9 Å². The number of aryl methyl sites for hydroxylation is 2. The van der Waals surface area contributed by atoms with Gasteiger partial charge in [0.15, 0.2) is 5.65 Å². The zero-order valence-electron chi connectivity index (χ0n) is 18.4. The zero-order valence-corrected chi connectivity index (χ0v) is 18.4. The Morgan fingerprint density at radius 3 is 2.31 bits per heavy atom. The molecule has 0 aliphatic carbocycles. The second kappa shape index (κ2) is 8.42. The maximum absolute atomic E-state index is 12.9. The Morgan fingerprint density at radius 1 is 0.844 bits per heavy atom. The highest BCUT2D eigenvalue weighted by Gasteiger charge is 2.24. The predicted octanol–water partition coefficient (Wildman–Crippen LogP) is 3.78. The van der Waals surface area contributed by atoms with Gasteiger partial charge in [-0.1, -0.05) is 36.4 Å². The Labute approximate surface area is 187 Å². The lowest BCUT2D eigenvalue weighted by molar-refractivity contribution is 0.0767. The number of para-hydroxylation sites is 1. The molecular formula is C25H26N6O. The number of nitrogens with zero attached hydrogens (tertiary/aromatic N) is 6.